The molecule has 2 unspecified atom stereocenters. The lowest BCUT2D eigenvalue weighted by Crippen LogP contribution is -2.57. The number of rotatable bonds is 0. The number of likely N-dealkylation sites (N-methyl/N-ethyl adjacent to an activating group) is 1. The molecule has 0 saturated carbocycles. The van der Waals surface area contributed by atoms with Crippen molar-refractivity contribution in [3.05, 3.63) is 0 Å². The SMILES string of the molecule is CN1C(=O)NC2(CC3CC[C@H](C2)N3)C1=O.Cl. The summed E-state index contributed by atoms with van der Waals surface area (Å²) in [5.74, 6) is -0.0501. The van der Waals surface area contributed by atoms with Crippen LogP contribution in [0.2, 0.25) is 0 Å². The van der Waals surface area contributed by atoms with Crippen LogP contribution in [0.15, 0.2) is 0 Å². The first-order valence-corrected chi connectivity index (χ1v) is 5.47. The number of urea groups is 1. The molecule has 3 rings (SSSR count). The second-order valence-electron chi connectivity index (χ2n) is 4.92. The molecule has 3 heterocycles. The first-order chi connectivity index (χ1) is 7.11. The Hall–Kier alpha value is -0.810. The lowest BCUT2D eigenvalue weighted by Gasteiger charge is -2.35. The highest BCUT2D eigenvalue weighted by atomic mass is 35.5. The second kappa shape index (κ2) is 3.60. The van der Waals surface area contributed by atoms with E-state index in [1.807, 2.05) is 0 Å². The van der Waals surface area contributed by atoms with Crippen molar-refractivity contribution in [2.45, 2.75) is 43.3 Å². The summed E-state index contributed by atoms with van der Waals surface area (Å²) in [7, 11) is 1.55. The van der Waals surface area contributed by atoms with Crippen LogP contribution in [0, 0.1) is 0 Å². The quantitative estimate of drug-likeness (QED) is 0.601. The van der Waals surface area contributed by atoms with Gasteiger partial charge in [0.05, 0.1) is 0 Å². The lowest BCUT2D eigenvalue weighted by molar-refractivity contribution is -0.131. The largest absolute Gasteiger partial charge is 0.324 e. The predicted octanol–water partition coefficient (Wildman–Crippen LogP) is 0.243. The number of amides is 3. The van der Waals surface area contributed by atoms with Gasteiger partial charge in [0.25, 0.3) is 5.91 Å². The van der Waals surface area contributed by atoms with Crippen LogP contribution in [0.5, 0.6) is 0 Å². The number of piperidine rings is 1. The lowest BCUT2D eigenvalue weighted by atomic mass is 9.84. The van der Waals surface area contributed by atoms with Gasteiger partial charge in [0.15, 0.2) is 0 Å². The van der Waals surface area contributed by atoms with Crippen LogP contribution in [0.3, 0.4) is 0 Å². The summed E-state index contributed by atoms with van der Waals surface area (Å²) < 4.78 is 0. The zero-order chi connectivity index (χ0) is 10.6. The van der Waals surface area contributed by atoms with Gasteiger partial charge < -0.3 is 10.6 Å². The summed E-state index contributed by atoms with van der Waals surface area (Å²) >= 11 is 0. The summed E-state index contributed by atoms with van der Waals surface area (Å²) in [6.45, 7) is 0. The van der Waals surface area contributed by atoms with Crippen LogP contribution in [-0.4, -0.2) is 41.5 Å². The highest BCUT2D eigenvalue weighted by Crippen LogP contribution is 2.37. The Labute approximate surface area is 100 Å². The summed E-state index contributed by atoms with van der Waals surface area (Å²) in [5.41, 5.74) is -0.594. The van der Waals surface area contributed by atoms with Gasteiger partial charge in [-0.3, -0.25) is 9.69 Å². The zero-order valence-corrected chi connectivity index (χ0v) is 9.97. The zero-order valence-electron chi connectivity index (χ0n) is 9.16. The molecule has 3 atom stereocenters. The fourth-order valence-corrected chi connectivity index (χ4v) is 3.18. The number of nitrogens with one attached hydrogen (secondary N) is 2. The number of nitrogens with zero attached hydrogens (tertiary/aromatic N) is 1. The molecule has 3 amide bonds. The molecule has 0 radical (unpaired) electrons. The molecule has 90 valence electrons. The van der Waals surface area contributed by atoms with E-state index < -0.39 is 5.54 Å². The average Bonchev–Trinajstić information content (AvgIpc) is 2.63. The van der Waals surface area contributed by atoms with Crippen molar-refractivity contribution in [3.63, 3.8) is 0 Å². The molecule has 3 saturated heterocycles. The minimum absolute atomic E-state index is 0. The van der Waals surface area contributed by atoms with E-state index in [2.05, 4.69) is 10.6 Å². The van der Waals surface area contributed by atoms with E-state index in [1.165, 1.54) is 4.90 Å². The third-order valence-corrected chi connectivity index (χ3v) is 3.89. The Bertz CT molecular complexity index is 335. The van der Waals surface area contributed by atoms with Gasteiger partial charge in [-0.1, -0.05) is 0 Å². The van der Waals surface area contributed by atoms with E-state index in [1.54, 1.807) is 7.05 Å². The van der Waals surface area contributed by atoms with Crippen LogP contribution >= 0.6 is 12.4 Å². The highest BCUT2D eigenvalue weighted by Gasteiger charge is 2.55. The number of carbonyl (C=O) groups excluding carboxylic acids is 2. The maximum absolute atomic E-state index is 12.0. The maximum atomic E-state index is 12.0. The van der Waals surface area contributed by atoms with E-state index in [-0.39, 0.29) is 24.3 Å². The number of halogens is 1. The average molecular weight is 246 g/mol. The summed E-state index contributed by atoms with van der Waals surface area (Å²) in [4.78, 5) is 24.7. The van der Waals surface area contributed by atoms with E-state index in [0.717, 1.165) is 25.7 Å². The molecule has 0 aromatic heterocycles. The van der Waals surface area contributed by atoms with Crippen LogP contribution in [0.4, 0.5) is 4.79 Å². The summed E-state index contributed by atoms with van der Waals surface area (Å²) in [5, 5.41) is 6.34. The van der Waals surface area contributed by atoms with Gasteiger partial charge in [0.1, 0.15) is 5.54 Å². The Kier molecular flexibility index (Phi) is 2.62. The van der Waals surface area contributed by atoms with Crippen molar-refractivity contribution in [1.82, 2.24) is 15.5 Å². The van der Waals surface area contributed by atoms with Crippen molar-refractivity contribution in [2.24, 2.45) is 0 Å². The minimum atomic E-state index is -0.594. The number of imide groups is 1. The number of hydrogen-bond acceptors (Lipinski definition) is 3. The van der Waals surface area contributed by atoms with Crippen LogP contribution < -0.4 is 10.6 Å². The van der Waals surface area contributed by atoms with Crippen molar-refractivity contribution >= 4 is 24.3 Å². The first kappa shape index (κ1) is 11.7. The van der Waals surface area contributed by atoms with Gasteiger partial charge in [-0.05, 0) is 25.7 Å². The molecule has 2 N–H and O–H groups in total. The molecule has 6 heteroatoms. The predicted molar refractivity (Wildman–Crippen MR) is 60.5 cm³/mol. The van der Waals surface area contributed by atoms with Crippen molar-refractivity contribution < 1.29 is 9.59 Å². The Morgan fingerprint density at radius 3 is 2.25 bits per heavy atom. The fraction of sp³-hybridized carbons (Fsp3) is 0.800. The van der Waals surface area contributed by atoms with Crippen LogP contribution in [0.1, 0.15) is 25.7 Å². The summed E-state index contributed by atoms with van der Waals surface area (Å²) in [6.07, 6.45) is 3.75. The molecule has 5 nitrogen and oxygen atoms in total. The molecule has 1 spiro atoms. The molecule has 0 aromatic rings. The molecule has 3 aliphatic rings. The van der Waals surface area contributed by atoms with E-state index >= 15 is 0 Å². The molecule has 16 heavy (non-hydrogen) atoms. The summed E-state index contributed by atoms with van der Waals surface area (Å²) in [6, 6.07) is 0.556. The van der Waals surface area contributed by atoms with Gasteiger partial charge in [0.2, 0.25) is 0 Å². The molecule has 3 aliphatic heterocycles. The fourth-order valence-electron chi connectivity index (χ4n) is 3.18. The molecule has 3 fully saturated rings. The van der Waals surface area contributed by atoms with Crippen LogP contribution in [-0.2, 0) is 4.79 Å². The van der Waals surface area contributed by atoms with Crippen molar-refractivity contribution in [3.8, 4) is 0 Å². The standard InChI is InChI=1S/C10H15N3O2.ClH/c1-13-8(14)10(12-9(13)15)4-6-2-3-7(5-10)11-6;/h6-7,11H,2-5H2,1H3,(H,12,15);1H/t6-,7?,10?;/m1./s1. The minimum Gasteiger partial charge on any atom is -0.323 e. The molecular weight excluding hydrogens is 230 g/mol. The third kappa shape index (κ3) is 1.42. The van der Waals surface area contributed by atoms with E-state index in [4.69, 9.17) is 0 Å². The van der Waals surface area contributed by atoms with Gasteiger partial charge in [-0.2, -0.15) is 0 Å². The monoisotopic (exact) mass is 245 g/mol. The normalized spacial score (nSPS) is 41.2. The Balaban J connectivity index is 0.000000963. The van der Waals surface area contributed by atoms with Gasteiger partial charge in [-0.15, -0.1) is 12.4 Å². The Morgan fingerprint density at radius 2 is 1.81 bits per heavy atom. The van der Waals surface area contributed by atoms with Crippen molar-refractivity contribution in [2.75, 3.05) is 7.05 Å². The van der Waals surface area contributed by atoms with E-state index in [9.17, 15) is 9.59 Å². The first-order valence-electron chi connectivity index (χ1n) is 5.47. The molecule has 0 aromatic carbocycles. The number of carbonyl (C=O) groups is 2. The molecule has 2 bridgehead atoms. The van der Waals surface area contributed by atoms with Gasteiger partial charge >= 0.3 is 6.03 Å². The van der Waals surface area contributed by atoms with E-state index in [0.29, 0.717) is 12.1 Å². The highest BCUT2D eigenvalue weighted by molar-refractivity contribution is 6.06. The third-order valence-electron chi connectivity index (χ3n) is 3.89. The smallest absolute Gasteiger partial charge is 0.323 e. The Morgan fingerprint density at radius 1 is 1.25 bits per heavy atom. The van der Waals surface area contributed by atoms with Gasteiger partial charge in [0, 0.05) is 19.1 Å². The second-order valence-corrected chi connectivity index (χ2v) is 4.92. The number of fused-ring (bicyclic) bond motifs is 2. The molecular formula is C10H16ClN3O2. The number of hydrogen-bond donors (Lipinski definition) is 2. The van der Waals surface area contributed by atoms with Gasteiger partial charge in [-0.25, -0.2) is 4.79 Å². The van der Waals surface area contributed by atoms with Crippen molar-refractivity contribution in [1.29, 1.82) is 0 Å². The molecule has 0 aliphatic carbocycles. The van der Waals surface area contributed by atoms with Crippen LogP contribution in [0.25, 0.3) is 0 Å². The maximum Gasteiger partial charge on any atom is 0.324 e. The topological polar surface area (TPSA) is 61.4 Å².